The summed E-state index contributed by atoms with van der Waals surface area (Å²) in [4.78, 5) is 27.1. The van der Waals surface area contributed by atoms with Crippen molar-refractivity contribution in [2.45, 2.75) is 12.0 Å². The van der Waals surface area contributed by atoms with Crippen molar-refractivity contribution in [3.63, 3.8) is 0 Å². The molecule has 0 radical (unpaired) electrons. The molecule has 3 aromatic carbocycles. The molecule has 1 fully saturated rings. The highest BCUT2D eigenvalue weighted by Gasteiger charge is 2.51. The molecule has 2 heterocycles. The SMILES string of the molecule is O=C1O[C@]2(CCN(C(=O)c3ccc(Oc4ccccc4)cc3Cl)C2)c2ccccc21. The Morgan fingerprint density at radius 2 is 1.77 bits per heavy atom. The van der Waals surface area contributed by atoms with Crippen molar-refractivity contribution in [1.29, 1.82) is 0 Å². The molecule has 1 saturated heterocycles. The van der Waals surface area contributed by atoms with Gasteiger partial charge in [0.25, 0.3) is 5.91 Å². The summed E-state index contributed by atoms with van der Waals surface area (Å²) >= 11 is 6.41. The third kappa shape index (κ3) is 3.12. The van der Waals surface area contributed by atoms with E-state index in [1.165, 1.54) is 0 Å². The second-order valence-electron chi connectivity index (χ2n) is 7.46. The topological polar surface area (TPSA) is 55.8 Å². The van der Waals surface area contributed by atoms with Crippen molar-refractivity contribution >= 4 is 23.5 Å². The Kier molecular flexibility index (Phi) is 4.48. The lowest BCUT2D eigenvalue weighted by molar-refractivity contribution is -0.00306. The number of hydrogen-bond donors (Lipinski definition) is 0. The number of carbonyl (C=O) groups excluding carboxylic acids is 2. The minimum atomic E-state index is -0.772. The van der Waals surface area contributed by atoms with Crippen molar-refractivity contribution in [1.82, 2.24) is 4.90 Å². The molecule has 0 N–H and O–H groups in total. The zero-order valence-electron chi connectivity index (χ0n) is 16.0. The van der Waals surface area contributed by atoms with Gasteiger partial charge in [0.15, 0.2) is 5.60 Å². The van der Waals surface area contributed by atoms with Crippen LogP contribution in [0.2, 0.25) is 5.02 Å². The number of nitrogens with zero attached hydrogens (tertiary/aromatic N) is 1. The van der Waals surface area contributed by atoms with Gasteiger partial charge in [-0.05, 0) is 30.3 Å². The maximum atomic E-state index is 13.1. The van der Waals surface area contributed by atoms with Gasteiger partial charge in [-0.1, -0.05) is 48.0 Å². The van der Waals surface area contributed by atoms with E-state index in [-0.39, 0.29) is 11.9 Å². The maximum Gasteiger partial charge on any atom is 0.339 e. The highest BCUT2D eigenvalue weighted by atomic mass is 35.5. The lowest BCUT2D eigenvalue weighted by Gasteiger charge is -2.24. The van der Waals surface area contributed by atoms with E-state index in [0.717, 1.165) is 5.56 Å². The number of esters is 1. The number of amides is 1. The number of likely N-dealkylation sites (tertiary alicyclic amines) is 1. The van der Waals surface area contributed by atoms with Gasteiger partial charge in [0.05, 0.1) is 22.7 Å². The van der Waals surface area contributed by atoms with Gasteiger partial charge in [0.2, 0.25) is 0 Å². The van der Waals surface area contributed by atoms with E-state index < -0.39 is 5.60 Å². The lowest BCUT2D eigenvalue weighted by Crippen LogP contribution is -2.34. The smallest absolute Gasteiger partial charge is 0.339 e. The van der Waals surface area contributed by atoms with Gasteiger partial charge in [-0.3, -0.25) is 4.79 Å². The first-order valence-corrected chi connectivity index (χ1v) is 10.1. The van der Waals surface area contributed by atoms with Crippen LogP contribution in [0.15, 0.2) is 72.8 Å². The molecule has 0 saturated carbocycles. The fourth-order valence-electron chi connectivity index (χ4n) is 4.13. The summed E-state index contributed by atoms with van der Waals surface area (Å²) in [6, 6.07) is 21.8. The Balaban J connectivity index is 1.35. The van der Waals surface area contributed by atoms with E-state index in [2.05, 4.69) is 0 Å². The molecule has 2 aliphatic rings. The number of rotatable bonds is 3. The third-order valence-electron chi connectivity index (χ3n) is 5.59. The molecule has 3 aromatic rings. The van der Waals surface area contributed by atoms with Crippen LogP contribution in [0.3, 0.4) is 0 Å². The van der Waals surface area contributed by atoms with Gasteiger partial charge in [0, 0.05) is 24.6 Å². The number of halogens is 1. The summed E-state index contributed by atoms with van der Waals surface area (Å²) in [7, 11) is 0. The highest BCUT2D eigenvalue weighted by Crippen LogP contribution is 2.43. The normalized spacial score (nSPS) is 19.6. The van der Waals surface area contributed by atoms with E-state index in [0.29, 0.717) is 47.2 Å². The molecule has 0 aromatic heterocycles. The summed E-state index contributed by atoms with van der Waals surface area (Å²) in [5, 5.41) is 0.318. The number of benzene rings is 3. The molecule has 30 heavy (non-hydrogen) atoms. The van der Waals surface area contributed by atoms with Crippen molar-refractivity contribution < 1.29 is 19.1 Å². The predicted molar refractivity (Wildman–Crippen MR) is 112 cm³/mol. The predicted octanol–water partition coefficient (Wildman–Crippen LogP) is 5.04. The second-order valence-corrected chi connectivity index (χ2v) is 7.87. The fourth-order valence-corrected chi connectivity index (χ4v) is 4.38. The standard InChI is InChI=1S/C24H18ClNO4/c25-21-14-17(29-16-6-2-1-3-7-16)10-11-19(21)22(27)26-13-12-24(15-26)20-9-5-4-8-18(20)23(28)30-24/h1-11,14H,12-13,15H2/t24-/m0/s1. The van der Waals surface area contributed by atoms with Gasteiger partial charge < -0.3 is 14.4 Å². The Labute approximate surface area is 178 Å². The number of para-hydroxylation sites is 1. The quantitative estimate of drug-likeness (QED) is 0.558. The minimum absolute atomic E-state index is 0.191. The monoisotopic (exact) mass is 419 g/mol. The van der Waals surface area contributed by atoms with Gasteiger partial charge in [-0.15, -0.1) is 0 Å². The van der Waals surface area contributed by atoms with Crippen LogP contribution in [0.25, 0.3) is 0 Å². The zero-order chi connectivity index (χ0) is 20.7. The second kappa shape index (κ2) is 7.18. The Hall–Kier alpha value is -3.31. The molecule has 150 valence electrons. The fraction of sp³-hybridized carbons (Fsp3) is 0.167. The van der Waals surface area contributed by atoms with Crippen LogP contribution < -0.4 is 4.74 Å². The first-order chi connectivity index (χ1) is 14.6. The lowest BCUT2D eigenvalue weighted by atomic mass is 9.91. The molecule has 5 rings (SSSR count). The molecule has 1 spiro atoms. The van der Waals surface area contributed by atoms with Crippen molar-refractivity contribution in [3.8, 4) is 11.5 Å². The zero-order valence-corrected chi connectivity index (χ0v) is 16.8. The summed E-state index contributed by atoms with van der Waals surface area (Å²) in [6.07, 6.45) is 0.564. The first-order valence-electron chi connectivity index (χ1n) is 9.70. The van der Waals surface area contributed by atoms with Gasteiger partial charge in [0.1, 0.15) is 11.5 Å². The molecule has 5 nitrogen and oxygen atoms in total. The van der Waals surface area contributed by atoms with Crippen LogP contribution in [-0.2, 0) is 10.3 Å². The van der Waals surface area contributed by atoms with Crippen LogP contribution in [0.1, 0.15) is 32.7 Å². The summed E-state index contributed by atoms with van der Waals surface area (Å²) in [5.41, 5.74) is 1.05. The van der Waals surface area contributed by atoms with Crippen molar-refractivity contribution in [2.75, 3.05) is 13.1 Å². The van der Waals surface area contributed by atoms with Crippen LogP contribution in [0.5, 0.6) is 11.5 Å². The molecule has 1 amide bonds. The molecule has 2 aliphatic heterocycles. The largest absolute Gasteiger partial charge is 0.457 e. The average Bonchev–Trinajstić information content (AvgIpc) is 3.30. The van der Waals surface area contributed by atoms with E-state index in [9.17, 15) is 9.59 Å². The van der Waals surface area contributed by atoms with Crippen LogP contribution in [-0.4, -0.2) is 29.9 Å². The molecular weight excluding hydrogens is 402 g/mol. The number of ether oxygens (including phenoxy) is 2. The molecular formula is C24H18ClNO4. The summed E-state index contributed by atoms with van der Waals surface area (Å²) < 4.78 is 11.5. The molecule has 0 aliphatic carbocycles. The van der Waals surface area contributed by atoms with Gasteiger partial charge >= 0.3 is 5.97 Å². The van der Waals surface area contributed by atoms with Crippen molar-refractivity contribution in [3.05, 3.63) is 94.5 Å². The molecule has 0 bridgehead atoms. The number of fused-ring (bicyclic) bond motifs is 2. The van der Waals surface area contributed by atoms with Crippen LogP contribution in [0, 0.1) is 0 Å². The average molecular weight is 420 g/mol. The van der Waals surface area contributed by atoms with Gasteiger partial charge in [-0.2, -0.15) is 0 Å². The van der Waals surface area contributed by atoms with E-state index in [1.54, 1.807) is 29.2 Å². The molecule has 6 heteroatoms. The van der Waals surface area contributed by atoms with E-state index >= 15 is 0 Å². The number of carbonyl (C=O) groups is 2. The number of hydrogen-bond acceptors (Lipinski definition) is 4. The van der Waals surface area contributed by atoms with Crippen LogP contribution >= 0.6 is 11.6 Å². The van der Waals surface area contributed by atoms with Crippen LogP contribution in [0.4, 0.5) is 0 Å². The molecule has 1 atom stereocenters. The first kappa shape index (κ1) is 18.7. The van der Waals surface area contributed by atoms with Gasteiger partial charge in [-0.25, -0.2) is 4.79 Å². The molecule has 0 unspecified atom stereocenters. The minimum Gasteiger partial charge on any atom is -0.457 e. The highest BCUT2D eigenvalue weighted by molar-refractivity contribution is 6.34. The maximum absolute atomic E-state index is 13.1. The summed E-state index contributed by atoms with van der Waals surface area (Å²) in [5.74, 6) is 0.721. The van der Waals surface area contributed by atoms with E-state index in [4.69, 9.17) is 21.1 Å². The third-order valence-corrected chi connectivity index (χ3v) is 5.91. The Morgan fingerprint density at radius 1 is 1.00 bits per heavy atom. The Morgan fingerprint density at radius 3 is 2.57 bits per heavy atom. The summed E-state index contributed by atoms with van der Waals surface area (Å²) in [6.45, 7) is 0.798. The van der Waals surface area contributed by atoms with E-state index in [1.807, 2.05) is 48.5 Å². The Bertz CT molecular complexity index is 1150. The van der Waals surface area contributed by atoms with Crippen molar-refractivity contribution in [2.24, 2.45) is 0 Å².